The molecule has 0 bridgehead atoms. The second kappa shape index (κ2) is 16.2. The van der Waals surface area contributed by atoms with Gasteiger partial charge in [-0.1, -0.05) is 56.1 Å². The molecule has 2 aromatic rings. The molecule has 4 N–H and O–H groups in total. The summed E-state index contributed by atoms with van der Waals surface area (Å²) in [4.78, 5) is 35.6. The highest BCUT2D eigenvalue weighted by Crippen LogP contribution is 2.32. The highest BCUT2D eigenvalue weighted by molar-refractivity contribution is 6.31. The van der Waals surface area contributed by atoms with Crippen LogP contribution in [0.3, 0.4) is 0 Å². The molecular formula is C30H43N3O6. The van der Waals surface area contributed by atoms with Gasteiger partial charge in [-0.05, 0) is 75.9 Å². The molecule has 0 aliphatic heterocycles. The minimum atomic E-state index is -0.708. The van der Waals surface area contributed by atoms with Gasteiger partial charge < -0.3 is 25.7 Å². The van der Waals surface area contributed by atoms with Gasteiger partial charge in [0.05, 0.1) is 24.0 Å². The molecule has 1 amide bonds. The second-order valence-electron chi connectivity index (χ2n) is 9.54. The summed E-state index contributed by atoms with van der Waals surface area (Å²) in [7, 11) is 0. The summed E-state index contributed by atoms with van der Waals surface area (Å²) in [5.41, 5.74) is 7.44. The molecule has 0 fully saturated rings. The van der Waals surface area contributed by atoms with E-state index in [4.69, 9.17) is 20.4 Å². The van der Waals surface area contributed by atoms with Crippen molar-refractivity contribution in [3.8, 4) is 0 Å². The number of anilines is 2. The van der Waals surface area contributed by atoms with Crippen LogP contribution in [0.1, 0.15) is 78.4 Å². The summed E-state index contributed by atoms with van der Waals surface area (Å²) in [6.45, 7) is 12.2. The van der Waals surface area contributed by atoms with Gasteiger partial charge in [0.25, 0.3) is 5.91 Å². The van der Waals surface area contributed by atoms with Crippen LogP contribution in [0.2, 0.25) is 0 Å². The van der Waals surface area contributed by atoms with Gasteiger partial charge in [0.1, 0.15) is 6.21 Å². The lowest BCUT2D eigenvalue weighted by Crippen LogP contribution is -2.34. The fourth-order valence-corrected chi connectivity index (χ4v) is 4.31. The van der Waals surface area contributed by atoms with Crippen LogP contribution in [0.5, 0.6) is 0 Å². The number of esters is 2. The zero-order valence-corrected chi connectivity index (χ0v) is 24.0. The minimum Gasteiger partial charge on any atom is -0.465 e. The van der Waals surface area contributed by atoms with Gasteiger partial charge >= 0.3 is 11.9 Å². The number of nitrogen functional groups attached to an aromatic ring is 1. The van der Waals surface area contributed by atoms with Crippen molar-refractivity contribution >= 4 is 35.4 Å². The number of hydrogen-bond acceptors (Lipinski definition) is 8. The van der Waals surface area contributed by atoms with Gasteiger partial charge in [-0.2, -0.15) is 0 Å². The van der Waals surface area contributed by atoms with E-state index in [1.165, 1.54) is 0 Å². The molecule has 0 aromatic heterocycles. The lowest BCUT2D eigenvalue weighted by Gasteiger charge is -2.27. The van der Waals surface area contributed by atoms with E-state index < -0.39 is 16.7 Å². The monoisotopic (exact) mass is 541 g/mol. The van der Waals surface area contributed by atoms with Crippen molar-refractivity contribution in [1.29, 1.82) is 0 Å². The predicted octanol–water partition coefficient (Wildman–Crippen LogP) is 5.60. The van der Waals surface area contributed by atoms with E-state index in [9.17, 15) is 14.4 Å². The number of nitrogens with two attached hydrogens (primary N) is 1. The molecule has 9 nitrogen and oxygen atoms in total. The maximum atomic E-state index is 12.3. The third kappa shape index (κ3) is 9.42. The molecule has 39 heavy (non-hydrogen) atoms. The molecule has 0 radical (unpaired) electrons. The van der Waals surface area contributed by atoms with E-state index >= 15 is 0 Å². The van der Waals surface area contributed by atoms with Crippen LogP contribution in [0.15, 0.2) is 53.7 Å². The Morgan fingerprint density at radius 3 is 1.59 bits per heavy atom. The van der Waals surface area contributed by atoms with Crippen molar-refractivity contribution in [3.63, 3.8) is 0 Å². The van der Waals surface area contributed by atoms with Crippen LogP contribution >= 0.6 is 0 Å². The Morgan fingerprint density at radius 1 is 0.821 bits per heavy atom. The Balaban J connectivity index is 0.000000403. The molecule has 0 saturated heterocycles. The highest BCUT2D eigenvalue weighted by atomic mass is 16.5. The summed E-state index contributed by atoms with van der Waals surface area (Å²) in [6, 6.07) is 14.4. The zero-order valence-electron chi connectivity index (χ0n) is 24.0. The number of oxime groups is 1. The molecule has 2 unspecified atom stereocenters. The SMILES string of the molecule is CCCC(C)(C(=O)OCC)c1ccc(N)cc1.CCCC(C)(C(=O)OCC)c1ccc(NC(=O)/C=N/O)cc1. The maximum Gasteiger partial charge on any atom is 0.316 e. The van der Waals surface area contributed by atoms with Crippen molar-refractivity contribution in [2.45, 2.75) is 78.1 Å². The Hall–Kier alpha value is -3.88. The molecule has 0 spiro atoms. The van der Waals surface area contributed by atoms with Crippen molar-refractivity contribution in [2.75, 3.05) is 24.3 Å². The molecule has 0 aliphatic carbocycles. The maximum absolute atomic E-state index is 12.3. The molecule has 2 aromatic carbocycles. The van der Waals surface area contributed by atoms with Gasteiger partial charge in [-0.3, -0.25) is 14.4 Å². The Morgan fingerprint density at radius 2 is 1.23 bits per heavy atom. The van der Waals surface area contributed by atoms with Gasteiger partial charge in [0.2, 0.25) is 0 Å². The Labute approximate surface area is 231 Å². The molecule has 2 rings (SSSR count). The fourth-order valence-electron chi connectivity index (χ4n) is 4.31. The van der Waals surface area contributed by atoms with E-state index in [-0.39, 0.29) is 11.9 Å². The van der Waals surface area contributed by atoms with E-state index in [2.05, 4.69) is 17.4 Å². The summed E-state index contributed by atoms with van der Waals surface area (Å²) in [5, 5.41) is 13.5. The highest BCUT2D eigenvalue weighted by Gasteiger charge is 2.36. The number of nitrogens with one attached hydrogen (secondary N) is 1. The average molecular weight is 542 g/mol. The standard InChI is InChI=1S/C16H22N2O4.C14H21NO2/c1-4-10-16(3,15(20)22-5-2)12-6-8-13(9-7-12)18-14(19)11-17-21;1-4-10-14(3,13(16)17-5-2)11-6-8-12(15)9-7-11/h6-9,11,21H,4-5,10H2,1-3H3,(H,18,19);6-9H,4-5,10,15H2,1-3H3/b17-11+;. The second-order valence-corrected chi connectivity index (χ2v) is 9.54. The number of hydrogen-bond donors (Lipinski definition) is 3. The van der Waals surface area contributed by atoms with E-state index in [1.54, 1.807) is 31.2 Å². The Kier molecular flexibility index (Phi) is 13.7. The van der Waals surface area contributed by atoms with Crippen LogP contribution in [0.4, 0.5) is 11.4 Å². The first-order chi connectivity index (χ1) is 18.5. The van der Waals surface area contributed by atoms with Gasteiger partial charge in [0.15, 0.2) is 0 Å². The fraction of sp³-hybridized carbons (Fsp3) is 0.467. The number of nitrogens with zero attached hydrogens (tertiary/aromatic N) is 1. The summed E-state index contributed by atoms with van der Waals surface area (Å²) >= 11 is 0. The first kappa shape index (κ1) is 33.1. The van der Waals surface area contributed by atoms with Crippen LogP contribution in [-0.4, -0.2) is 42.5 Å². The topological polar surface area (TPSA) is 140 Å². The lowest BCUT2D eigenvalue weighted by atomic mass is 9.78. The molecule has 0 heterocycles. The Bertz CT molecular complexity index is 1080. The third-order valence-corrected chi connectivity index (χ3v) is 6.46. The molecule has 0 aliphatic rings. The van der Waals surface area contributed by atoms with Crippen LogP contribution in [0.25, 0.3) is 0 Å². The van der Waals surface area contributed by atoms with Crippen molar-refractivity contribution in [1.82, 2.24) is 0 Å². The summed E-state index contributed by atoms with van der Waals surface area (Å²) < 4.78 is 10.4. The molecule has 0 saturated carbocycles. The number of rotatable bonds is 12. The number of carbonyl (C=O) groups excluding carboxylic acids is 3. The molecule has 2 atom stereocenters. The van der Waals surface area contributed by atoms with E-state index in [0.29, 0.717) is 31.0 Å². The normalized spacial score (nSPS) is 13.8. The van der Waals surface area contributed by atoms with E-state index in [1.807, 2.05) is 52.0 Å². The summed E-state index contributed by atoms with van der Waals surface area (Å²) in [5.74, 6) is -0.940. The van der Waals surface area contributed by atoms with Crippen molar-refractivity contribution < 1.29 is 29.1 Å². The number of ether oxygens (including phenoxy) is 2. The average Bonchev–Trinajstić information content (AvgIpc) is 2.90. The minimum absolute atomic E-state index is 0.161. The van der Waals surface area contributed by atoms with Gasteiger partial charge in [-0.15, -0.1) is 0 Å². The van der Waals surface area contributed by atoms with Crippen LogP contribution in [0, 0.1) is 0 Å². The lowest BCUT2D eigenvalue weighted by molar-refractivity contribution is -0.150. The molecular weight excluding hydrogens is 498 g/mol. The van der Waals surface area contributed by atoms with Gasteiger partial charge in [0, 0.05) is 11.4 Å². The van der Waals surface area contributed by atoms with Crippen LogP contribution < -0.4 is 11.1 Å². The number of amides is 1. The summed E-state index contributed by atoms with van der Waals surface area (Å²) in [6.07, 6.45) is 4.00. The third-order valence-electron chi connectivity index (χ3n) is 6.46. The van der Waals surface area contributed by atoms with Crippen molar-refractivity contribution in [2.24, 2.45) is 5.16 Å². The molecule has 214 valence electrons. The quantitative estimate of drug-likeness (QED) is 0.104. The van der Waals surface area contributed by atoms with Crippen LogP contribution in [-0.2, 0) is 34.7 Å². The number of carbonyl (C=O) groups is 3. The smallest absolute Gasteiger partial charge is 0.316 e. The van der Waals surface area contributed by atoms with E-state index in [0.717, 1.165) is 36.6 Å². The first-order valence-electron chi connectivity index (χ1n) is 13.3. The predicted molar refractivity (Wildman–Crippen MR) is 154 cm³/mol. The zero-order chi connectivity index (χ0) is 29.5. The first-order valence-corrected chi connectivity index (χ1v) is 13.3. The van der Waals surface area contributed by atoms with Crippen molar-refractivity contribution in [3.05, 3.63) is 59.7 Å². The molecule has 9 heteroatoms. The number of benzene rings is 2. The largest absolute Gasteiger partial charge is 0.465 e. The van der Waals surface area contributed by atoms with Gasteiger partial charge in [-0.25, -0.2) is 0 Å².